The van der Waals surface area contributed by atoms with Crippen LogP contribution in [0.2, 0.25) is 0 Å². The molecule has 0 bridgehead atoms. The minimum absolute atomic E-state index is 0.123. The van der Waals surface area contributed by atoms with Gasteiger partial charge in [-0.3, -0.25) is 4.79 Å². The normalized spacial score (nSPS) is 13.5. The zero-order chi connectivity index (χ0) is 28.4. The molecular weight excluding hydrogens is 521 g/mol. The number of phenols is 1. The lowest BCUT2D eigenvalue weighted by Gasteiger charge is -2.25. The van der Waals surface area contributed by atoms with E-state index in [1.54, 1.807) is 6.07 Å². The van der Waals surface area contributed by atoms with Gasteiger partial charge in [0.15, 0.2) is 0 Å². The molecule has 40 heavy (non-hydrogen) atoms. The third kappa shape index (κ3) is 5.85. The molecule has 1 aliphatic rings. The first-order valence-corrected chi connectivity index (χ1v) is 12.8. The Morgan fingerprint density at radius 2 is 1.77 bits per heavy atom. The van der Waals surface area contributed by atoms with Gasteiger partial charge < -0.3 is 15.7 Å². The maximum atomic E-state index is 13.1. The molecule has 0 unspecified atom stereocenters. The van der Waals surface area contributed by atoms with Crippen LogP contribution in [0.4, 0.5) is 23.7 Å². The Morgan fingerprint density at radius 1 is 1.02 bits per heavy atom. The van der Waals surface area contributed by atoms with E-state index in [4.69, 9.17) is 0 Å². The van der Waals surface area contributed by atoms with Gasteiger partial charge in [0.2, 0.25) is 0 Å². The highest BCUT2D eigenvalue weighted by Gasteiger charge is 2.31. The second kappa shape index (κ2) is 10.9. The predicted molar refractivity (Wildman–Crippen MR) is 144 cm³/mol. The van der Waals surface area contributed by atoms with E-state index in [0.29, 0.717) is 12.2 Å². The Labute approximate surface area is 228 Å². The second-order valence-corrected chi connectivity index (χ2v) is 9.90. The number of aromatic nitrogens is 2. The van der Waals surface area contributed by atoms with Gasteiger partial charge in [0.05, 0.1) is 17.0 Å². The van der Waals surface area contributed by atoms with Crippen LogP contribution in [0, 0.1) is 6.92 Å². The third-order valence-corrected chi connectivity index (χ3v) is 7.00. The van der Waals surface area contributed by atoms with E-state index in [2.05, 4.69) is 15.7 Å². The minimum Gasteiger partial charge on any atom is -0.507 e. The van der Waals surface area contributed by atoms with Gasteiger partial charge in [-0.15, -0.1) is 0 Å². The van der Waals surface area contributed by atoms with Gasteiger partial charge in [-0.1, -0.05) is 42.3 Å². The standard InChI is InChI=1S/C30H27F3N4O3/c1-18-8-10-19(11-9-18)17-34-29(40)37-26(20-4-2-5-20)16-25(36-37)24-15-23(12-13-27(24)38)35-28(39)21-6-3-7-22(14-21)30(31,32)33/h3,6-16,20,38H,2,4-5,17H2,1H3,(H,34,40)(H,35,39). The maximum absolute atomic E-state index is 13.1. The molecule has 1 fully saturated rings. The third-order valence-electron chi connectivity index (χ3n) is 7.00. The van der Waals surface area contributed by atoms with Crippen molar-refractivity contribution in [2.45, 2.75) is 44.8 Å². The number of aromatic hydroxyl groups is 1. The number of amides is 2. The summed E-state index contributed by atoms with van der Waals surface area (Å²) in [5.41, 5.74) is 2.55. The first kappa shape index (κ1) is 27.0. The second-order valence-electron chi connectivity index (χ2n) is 9.90. The summed E-state index contributed by atoms with van der Waals surface area (Å²) in [6.07, 6.45) is -1.71. The highest BCUT2D eigenvalue weighted by atomic mass is 19.4. The molecule has 5 rings (SSSR count). The average Bonchev–Trinajstić information content (AvgIpc) is 3.32. The molecular formula is C30H27F3N4O3. The molecule has 1 heterocycles. The molecule has 206 valence electrons. The fourth-order valence-corrected chi connectivity index (χ4v) is 4.50. The number of phenolic OH excluding ortho intramolecular Hbond substituents is 1. The Morgan fingerprint density at radius 3 is 2.45 bits per heavy atom. The van der Waals surface area contributed by atoms with Gasteiger partial charge in [0, 0.05) is 29.3 Å². The number of nitrogens with zero attached hydrogens (tertiary/aromatic N) is 2. The van der Waals surface area contributed by atoms with Crippen molar-refractivity contribution in [1.82, 2.24) is 15.1 Å². The fourth-order valence-electron chi connectivity index (χ4n) is 4.50. The van der Waals surface area contributed by atoms with Crippen molar-refractivity contribution in [2.24, 2.45) is 0 Å². The summed E-state index contributed by atoms with van der Waals surface area (Å²) < 4.78 is 40.5. The molecule has 7 nitrogen and oxygen atoms in total. The zero-order valence-corrected chi connectivity index (χ0v) is 21.6. The van der Waals surface area contributed by atoms with Crippen LogP contribution in [-0.2, 0) is 12.7 Å². The summed E-state index contributed by atoms with van der Waals surface area (Å²) in [5.74, 6) is -0.710. The lowest BCUT2D eigenvalue weighted by molar-refractivity contribution is -0.137. The van der Waals surface area contributed by atoms with Crippen LogP contribution in [0.25, 0.3) is 11.3 Å². The van der Waals surface area contributed by atoms with Crippen molar-refractivity contribution >= 4 is 17.6 Å². The van der Waals surface area contributed by atoms with Crippen molar-refractivity contribution in [1.29, 1.82) is 0 Å². The predicted octanol–water partition coefficient (Wildman–Crippen LogP) is 6.86. The number of alkyl halides is 3. The molecule has 10 heteroatoms. The van der Waals surface area contributed by atoms with Crippen molar-refractivity contribution in [3.63, 3.8) is 0 Å². The molecule has 3 N–H and O–H groups in total. The maximum Gasteiger partial charge on any atom is 0.416 e. The lowest BCUT2D eigenvalue weighted by atomic mass is 9.82. The number of aryl methyl sites for hydroxylation is 1. The molecule has 3 aromatic carbocycles. The minimum atomic E-state index is -4.58. The van der Waals surface area contributed by atoms with Crippen LogP contribution in [0.3, 0.4) is 0 Å². The van der Waals surface area contributed by atoms with Gasteiger partial charge in [-0.25, -0.2) is 4.79 Å². The molecule has 1 aliphatic carbocycles. The van der Waals surface area contributed by atoms with Gasteiger partial charge >= 0.3 is 12.2 Å². The summed E-state index contributed by atoms with van der Waals surface area (Å²) >= 11 is 0. The number of anilines is 1. The van der Waals surface area contributed by atoms with E-state index in [1.807, 2.05) is 31.2 Å². The highest BCUT2D eigenvalue weighted by Crippen LogP contribution is 2.39. The van der Waals surface area contributed by atoms with Crippen LogP contribution >= 0.6 is 0 Å². The molecule has 0 atom stereocenters. The van der Waals surface area contributed by atoms with E-state index in [9.17, 15) is 27.9 Å². The first-order valence-electron chi connectivity index (χ1n) is 12.8. The highest BCUT2D eigenvalue weighted by molar-refractivity contribution is 6.04. The van der Waals surface area contributed by atoms with Gasteiger partial charge in [-0.05, 0) is 67.8 Å². The topological polar surface area (TPSA) is 96.3 Å². The first-order chi connectivity index (χ1) is 19.1. The number of carbonyl (C=O) groups excluding carboxylic acids is 2. The van der Waals surface area contributed by atoms with E-state index >= 15 is 0 Å². The molecule has 4 aromatic rings. The largest absolute Gasteiger partial charge is 0.507 e. The quantitative estimate of drug-likeness (QED) is 0.229. The van der Waals surface area contributed by atoms with E-state index in [1.165, 1.54) is 35.0 Å². The molecule has 1 aromatic heterocycles. The number of hydrogen-bond donors (Lipinski definition) is 3. The average molecular weight is 549 g/mol. The van der Waals surface area contributed by atoms with Crippen molar-refractivity contribution in [2.75, 3.05) is 5.32 Å². The Kier molecular flexibility index (Phi) is 7.34. The molecule has 1 saturated carbocycles. The summed E-state index contributed by atoms with van der Waals surface area (Å²) in [6.45, 7) is 2.31. The number of carbonyl (C=O) groups is 2. The Bertz CT molecular complexity index is 1560. The Hall–Kier alpha value is -4.60. The molecule has 0 saturated heterocycles. The van der Waals surface area contributed by atoms with Crippen molar-refractivity contribution in [3.8, 4) is 17.0 Å². The number of halogens is 3. The number of hydrogen-bond acceptors (Lipinski definition) is 4. The van der Waals surface area contributed by atoms with Crippen molar-refractivity contribution in [3.05, 3.63) is 101 Å². The summed E-state index contributed by atoms with van der Waals surface area (Å²) in [5, 5.41) is 20.6. The zero-order valence-electron chi connectivity index (χ0n) is 21.6. The van der Waals surface area contributed by atoms with E-state index in [-0.39, 0.29) is 28.5 Å². The molecule has 0 spiro atoms. The number of rotatable bonds is 6. The lowest BCUT2D eigenvalue weighted by Crippen LogP contribution is -2.31. The fraction of sp³-hybridized carbons (Fsp3) is 0.233. The molecule has 2 amide bonds. The monoisotopic (exact) mass is 548 g/mol. The number of benzene rings is 3. The van der Waals surface area contributed by atoms with Crippen LogP contribution in [-0.4, -0.2) is 26.8 Å². The van der Waals surface area contributed by atoms with E-state index in [0.717, 1.165) is 48.2 Å². The van der Waals surface area contributed by atoms with Crippen LogP contribution < -0.4 is 10.6 Å². The van der Waals surface area contributed by atoms with Crippen LogP contribution in [0.5, 0.6) is 5.75 Å². The summed E-state index contributed by atoms with van der Waals surface area (Å²) in [6, 6.07) is 17.5. The summed E-state index contributed by atoms with van der Waals surface area (Å²) in [7, 11) is 0. The van der Waals surface area contributed by atoms with Gasteiger partial charge in [-0.2, -0.15) is 23.0 Å². The number of nitrogens with one attached hydrogen (secondary N) is 2. The summed E-state index contributed by atoms with van der Waals surface area (Å²) in [4.78, 5) is 25.8. The van der Waals surface area contributed by atoms with Gasteiger partial charge in [0.1, 0.15) is 5.75 Å². The van der Waals surface area contributed by atoms with E-state index < -0.39 is 23.7 Å². The molecule has 0 aliphatic heterocycles. The molecule has 0 radical (unpaired) electrons. The van der Waals surface area contributed by atoms with Crippen LogP contribution in [0.15, 0.2) is 72.8 Å². The van der Waals surface area contributed by atoms with Gasteiger partial charge in [0.25, 0.3) is 5.91 Å². The smallest absolute Gasteiger partial charge is 0.416 e. The van der Waals surface area contributed by atoms with Crippen molar-refractivity contribution < 1.29 is 27.9 Å². The van der Waals surface area contributed by atoms with Crippen LogP contribution in [0.1, 0.15) is 57.9 Å². The Balaban J connectivity index is 1.39. The SMILES string of the molecule is Cc1ccc(CNC(=O)n2nc(-c3cc(NC(=O)c4cccc(C(F)(F)F)c4)ccc3O)cc2C2CCC2)cc1.